The Balaban J connectivity index is 0.00000353. The Hall–Kier alpha value is -4.02. The summed E-state index contributed by atoms with van der Waals surface area (Å²) < 4.78 is 14.6. The van der Waals surface area contributed by atoms with Crippen LogP contribution >= 0.6 is 0 Å². The maximum absolute atomic E-state index is 6.22. The summed E-state index contributed by atoms with van der Waals surface area (Å²) in [6.45, 7) is 13.0. The van der Waals surface area contributed by atoms with E-state index in [4.69, 9.17) is 9.47 Å². The average molecular weight is 736 g/mol. The summed E-state index contributed by atoms with van der Waals surface area (Å²) in [5.41, 5.74) is 5.20. The fraction of sp³-hybridized carbons (Fsp3) is 0.229. The number of aromatic nitrogens is 4. The van der Waals surface area contributed by atoms with Crippen molar-refractivity contribution in [1.29, 1.82) is 0 Å². The smallest absolute Gasteiger partial charge is 0.460 e. The Morgan fingerprint density at radius 3 is 1.48 bits per heavy atom. The summed E-state index contributed by atoms with van der Waals surface area (Å²) in [5, 5.41) is 1.73. The van der Waals surface area contributed by atoms with Crippen molar-refractivity contribution in [1.82, 2.24) is 19.5 Å². The summed E-state index contributed by atoms with van der Waals surface area (Å²) >= 11 is 0. The minimum Gasteiger partial charge on any atom is -0.460 e. The number of ether oxygens (including phenoxy) is 2. The first-order chi connectivity index (χ1) is 19.6. The quantitative estimate of drug-likeness (QED) is 0.166. The van der Waals surface area contributed by atoms with E-state index in [9.17, 15) is 0 Å². The van der Waals surface area contributed by atoms with E-state index in [0.717, 1.165) is 38.6 Å². The normalized spacial score (nSPS) is 11.9. The molecule has 0 bridgehead atoms. The molecule has 0 unspecified atom stereocenters. The molecule has 0 N–H and O–H groups in total. The van der Waals surface area contributed by atoms with E-state index in [-0.39, 0.29) is 31.9 Å². The summed E-state index contributed by atoms with van der Waals surface area (Å²) in [6.07, 6.45) is 7.14. The van der Waals surface area contributed by atoms with Crippen LogP contribution in [0.25, 0.3) is 27.5 Å². The molecule has 6 rings (SSSR count). The molecule has 42 heavy (non-hydrogen) atoms. The van der Waals surface area contributed by atoms with Crippen molar-refractivity contribution in [2.45, 2.75) is 52.4 Å². The van der Waals surface area contributed by atoms with Gasteiger partial charge in [-0.1, -0.05) is 52.6 Å². The zero-order valence-electron chi connectivity index (χ0n) is 24.5. The van der Waals surface area contributed by atoms with Crippen LogP contribution in [0.1, 0.15) is 52.7 Å². The standard InChI is InChI=1S/C35H32N4O2.Pt/c1-34(2,3)23-11-17-37-32(19-23)40-26-7-9-30-28(21-26)29-22-27(41-33-20-24(12-18-38-33)35(4,5)6)8-10-31(29)39(30)25-13-15-36-16-14-25;/h7-20H,1-6H3;/q-2;+2. The Kier molecular flexibility index (Phi) is 7.95. The first-order valence-corrected chi connectivity index (χ1v) is 13.7. The summed E-state index contributed by atoms with van der Waals surface area (Å²) in [4.78, 5) is 13.1. The number of hydrogen-bond acceptors (Lipinski definition) is 5. The van der Waals surface area contributed by atoms with E-state index in [1.165, 1.54) is 0 Å². The van der Waals surface area contributed by atoms with Crippen LogP contribution in [0.3, 0.4) is 0 Å². The molecule has 0 spiro atoms. The number of pyridine rings is 3. The van der Waals surface area contributed by atoms with E-state index in [1.54, 1.807) is 24.8 Å². The third kappa shape index (κ3) is 5.95. The SMILES string of the molecule is CC(C)(C)c1ccnc(Oc2[c-]c3c4[c-]c(Oc5cc(C(C)(C)C)ccn5)ccc4n(-c4ccncc4)c3cc2)c1.[Pt+2]. The molecular weight excluding hydrogens is 703 g/mol. The first-order valence-electron chi connectivity index (χ1n) is 13.7. The molecule has 0 fully saturated rings. The van der Waals surface area contributed by atoms with E-state index in [2.05, 4.69) is 73.2 Å². The van der Waals surface area contributed by atoms with Gasteiger partial charge in [-0.25, -0.2) is 9.97 Å². The third-order valence-electron chi connectivity index (χ3n) is 7.08. The Labute approximate surface area is 261 Å². The summed E-state index contributed by atoms with van der Waals surface area (Å²) in [5.74, 6) is 2.21. The second kappa shape index (κ2) is 11.3. The molecule has 0 saturated heterocycles. The molecule has 0 aliphatic carbocycles. The van der Waals surface area contributed by atoms with Crippen LogP contribution in [-0.2, 0) is 31.9 Å². The van der Waals surface area contributed by atoms with E-state index in [0.29, 0.717) is 23.3 Å². The molecule has 2 aromatic carbocycles. The van der Waals surface area contributed by atoms with Gasteiger partial charge in [0.1, 0.15) is 0 Å². The predicted octanol–water partition coefficient (Wildman–Crippen LogP) is 8.75. The molecule has 4 aromatic heterocycles. The Bertz CT molecular complexity index is 1750. The fourth-order valence-corrected chi connectivity index (χ4v) is 4.80. The number of fused-ring (bicyclic) bond motifs is 3. The maximum atomic E-state index is 6.22. The van der Waals surface area contributed by atoms with Gasteiger partial charge >= 0.3 is 21.1 Å². The van der Waals surface area contributed by atoms with Crippen LogP contribution in [0.5, 0.6) is 23.3 Å². The van der Waals surface area contributed by atoms with Gasteiger partial charge in [-0.2, -0.15) is 10.8 Å². The number of rotatable bonds is 5. The van der Waals surface area contributed by atoms with Crippen molar-refractivity contribution in [3.05, 3.63) is 109 Å². The van der Waals surface area contributed by atoms with Crippen LogP contribution < -0.4 is 9.47 Å². The van der Waals surface area contributed by atoms with E-state index in [1.807, 2.05) is 60.7 Å². The van der Waals surface area contributed by atoms with Gasteiger partial charge in [0.25, 0.3) is 0 Å². The van der Waals surface area contributed by atoms with Crippen molar-refractivity contribution < 1.29 is 30.5 Å². The van der Waals surface area contributed by atoms with Gasteiger partial charge in [0.2, 0.25) is 11.8 Å². The van der Waals surface area contributed by atoms with Crippen LogP contribution in [0.15, 0.2) is 85.5 Å². The van der Waals surface area contributed by atoms with Crippen molar-refractivity contribution in [2.75, 3.05) is 0 Å². The summed E-state index contributed by atoms with van der Waals surface area (Å²) in [7, 11) is 0. The molecule has 4 heterocycles. The minimum absolute atomic E-state index is 0. The van der Waals surface area contributed by atoms with Gasteiger partial charge in [0.15, 0.2) is 0 Å². The molecule has 7 heteroatoms. The average Bonchev–Trinajstić information content (AvgIpc) is 3.26. The molecule has 6 aromatic rings. The molecule has 0 atom stereocenters. The molecule has 0 aliphatic heterocycles. The largest absolute Gasteiger partial charge is 2.00 e. The summed E-state index contributed by atoms with van der Waals surface area (Å²) in [6, 6.07) is 26.9. The zero-order valence-corrected chi connectivity index (χ0v) is 26.8. The molecule has 0 aliphatic rings. The van der Waals surface area contributed by atoms with Crippen LogP contribution in [-0.4, -0.2) is 19.5 Å². The zero-order chi connectivity index (χ0) is 28.8. The van der Waals surface area contributed by atoms with Crippen molar-refractivity contribution in [3.63, 3.8) is 0 Å². The first kappa shape index (κ1) is 29.5. The monoisotopic (exact) mass is 735 g/mol. The third-order valence-corrected chi connectivity index (χ3v) is 7.08. The minimum atomic E-state index is -0.0146. The van der Waals surface area contributed by atoms with Crippen molar-refractivity contribution in [3.8, 4) is 28.9 Å². The van der Waals surface area contributed by atoms with Crippen LogP contribution in [0.4, 0.5) is 0 Å². The van der Waals surface area contributed by atoms with Crippen molar-refractivity contribution >= 4 is 21.8 Å². The molecular formula is C35H32N4O2Pt. The molecule has 0 radical (unpaired) electrons. The molecule has 0 saturated carbocycles. The predicted molar refractivity (Wildman–Crippen MR) is 162 cm³/mol. The van der Waals surface area contributed by atoms with E-state index >= 15 is 0 Å². The number of nitrogens with zero attached hydrogens (tertiary/aromatic N) is 4. The maximum Gasteiger partial charge on any atom is 2.00 e. The van der Waals surface area contributed by atoms with Gasteiger partial charge < -0.3 is 14.0 Å². The van der Waals surface area contributed by atoms with Gasteiger partial charge in [-0.3, -0.25) is 4.98 Å². The topological polar surface area (TPSA) is 62.1 Å². The van der Waals surface area contributed by atoms with Crippen LogP contribution in [0.2, 0.25) is 0 Å². The van der Waals surface area contributed by atoms with Gasteiger partial charge in [-0.15, -0.1) is 36.4 Å². The second-order valence-corrected chi connectivity index (χ2v) is 12.2. The van der Waals surface area contributed by atoms with E-state index < -0.39 is 0 Å². The molecule has 6 nitrogen and oxygen atoms in total. The fourth-order valence-electron chi connectivity index (χ4n) is 4.80. The Morgan fingerprint density at radius 1 is 0.595 bits per heavy atom. The molecule has 0 amide bonds. The number of benzene rings is 2. The van der Waals surface area contributed by atoms with Gasteiger partial charge in [-0.05, 0) is 46.2 Å². The Morgan fingerprint density at radius 2 is 1.05 bits per heavy atom. The van der Waals surface area contributed by atoms with Crippen LogP contribution in [0, 0.1) is 12.1 Å². The van der Waals surface area contributed by atoms with Gasteiger partial charge in [0.05, 0.1) is 0 Å². The van der Waals surface area contributed by atoms with Gasteiger partial charge in [0, 0.05) is 54.1 Å². The molecule has 214 valence electrons. The number of hydrogen-bond donors (Lipinski definition) is 0. The van der Waals surface area contributed by atoms with Crippen molar-refractivity contribution in [2.24, 2.45) is 0 Å². The second-order valence-electron chi connectivity index (χ2n) is 12.2.